The maximum atomic E-state index is 5.42. The molecule has 1 rings (SSSR count). The van der Waals surface area contributed by atoms with Crippen molar-refractivity contribution in [3.63, 3.8) is 0 Å². The van der Waals surface area contributed by atoms with Gasteiger partial charge < -0.3 is 10.1 Å². The standard InChI is InChI=1S/C13H25N3O/c1-11(8-13(2,3)17-5)14-7-6-12-9-15-16(4)10-12/h9-11,14H,6-8H2,1-5H3. The summed E-state index contributed by atoms with van der Waals surface area (Å²) in [7, 11) is 3.71. The first-order valence-corrected chi connectivity index (χ1v) is 6.19. The SMILES string of the molecule is COC(C)(C)CC(C)NCCc1cnn(C)c1. The second-order valence-corrected chi connectivity index (χ2v) is 5.30. The number of rotatable bonds is 7. The largest absolute Gasteiger partial charge is 0.379 e. The first-order valence-electron chi connectivity index (χ1n) is 6.19. The van der Waals surface area contributed by atoms with Crippen LogP contribution >= 0.6 is 0 Å². The average molecular weight is 239 g/mol. The Balaban J connectivity index is 2.22. The summed E-state index contributed by atoms with van der Waals surface area (Å²) in [5.74, 6) is 0. The van der Waals surface area contributed by atoms with Crippen molar-refractivity contribution in [1.29, 1.82) is 0 Å². The molecule has 0 radical (unpaired) electrons. The highest BCUT2D eigenvalue weighted by Gasteiger charge is 2.19. The zero-order valence-electron chi connectivity index (χ0n) is 11.7. The fraction of sp³-hybridized carbons (Fsp3) is 0.769. The van der Waals surface area contributed by atoms with Gasteiger partial charge in [0.05, 0.1) is 11.8 Å². The van der Waals surface area contributed by atoms with E-state index in [0.717, 1.165) is 19.4 Å². The molecular formula is C13H25N3O. The molecule has 4 heteroatoms. The van der Waals surface area contributed by atoms with Crippen molar-refractivity contribution in [2.24, 2.45) is 7.05 Å². The molecule has 0 saturated carbocycles. The molecule has 0 aliphatic carbocycles. The summed E-state index contributed by atoms with van der Waals surface area (Å²) in [6, 6.07) is 0.460. The van der Waals surface area contributed by atoms with Gasteiger partial charge in [-0.15, -0.1) is 0 Å². The van der Waals surface area contributed by atoms with E-state index in [1.54, 1.807) is 7.11 Å². The lowest BCUT2D eigenvalue weighted by Crippen LogP contribution is -2.36. The van der Waals surface area contributed by atoms with E-state index in [0.29, 0.717) is 6.04 Å². The minimum atomic E-state index is -0.0548. The number of methoxy groups -OCH3 is 1. The third-order valence-electron chi connectivity index (χ3n) is 3.02. The summed E-state index contributed by atoms with van der Waals surface area (Å²) in [6.45, 7) is 7.41. The number of aryl methyl sites for hydroxylation is 1. The van der Waals surface area contributed by atoms with Crippen LogP contribution in [0.4, 0.5) is 0 Å². The molecule has 0 bridgehead atoms. The predicted octanol–water partition coefficient (Wildman–Crippen LogP) is 1.76. The van der Waals surface area contributed by atoms with Crippen LogP contribution in [0, 0.1) is 0 Å². The molecule has 1 aromatic rings. The van der Waals surface area contributed by atoms with Crippen molar-refractivity contribution < 1.29 is 4.74 Å². The predicted molar refractivity (Wildman–Crippen MR) is 70.1 cm³/mol. The molecule has 0 aliphatic rings. The lowest BCUT2D eigenvalue weighted by molar-refractivity contribution is 0.00865. The van der Waals surface area contributed by atoms with E-state index in [-0.39, 0.29) is 5.60 Å². The zero-order valence-corrected chi connectivity index (χ0v) is 11.7. The first-order chi connectivity index (χ1) is 7.93. The Morgan fingerprint density at radius 1 is 1.53 bits per heavy atom. The monoisotopic (exact) mass is 239 g/mol. The summed E-state index contributed by atoms with van der Waals surface area (Å²) < 4.78 is 7.26. The van der Waals surface area contributed by atoms with E-state index in [2.05, 4.69) is 37.4 Å². The fourth-order valence-corrected chi connectivity index (χ4v) is 1.96. The molecule has 1 N–H and O–H groups in total. The van der Waals surface area contributed by atoms with Gasteiger partial charge in [0.2, 0.25) is 0 Å². The van der Waals surface area contributed by atoms with Crippen LogP contribution in [0.25, 0.3) is 0 Å². The topological polar surface area (TPSA) is 39.1 Å². The van der Waals surface area contributed by atoms with E-state index in [4.69, 9.17) is 4.74 Å². The lowest BCUT2D eigenvalue weighted by Gasteiger charge is -2.27. The number of nitrogens with one attached hydrogen (secondary N) is 1. The van der Waals surface area contributed by atoms with Gasteiger partial charge in [-0.05, 0) is 45.7 Å². The molecule has 0 aromatic carbocycles. The highest BCUT2D eigenvalue weighted by molar-refractivity contribution is 5.03. The second-order valence-electron chi connectivity index (χ2n) is 5.30. The minimum absolute atomic E-state index is 0.0548. The molecule has 17 heavy (non-hydrogen) atoms. The van der Waals surface area contributed by atoms with E-state index in [1.165, 1.54) is 5.56 Å². The van der Waals surface area contributed by atoms with Crippen molar-refractivity contribution in [2.45, 2.75) is 45.3 Å². The molecule has 4 nitrogen and oxygen atoms in total. The van der Waals surface area contributed by atoms with Crippen LogP contribution in [0.3, 0.4) is 0 Å². The number of nitrogens with zero attached hydrogens (tertiary/aromatic N) is 2. The number of ether oxygens (including phenoxy) is 1. The first kappa shape index (κ1) is 14.2. The molecule has 0 spiro atoms. The van der Waals surface area contributed by atoms with Crippen LogP contribution in [-0.2, 0) is 18.2 Å². The lowest BCUT2D eigenvalue weighted by atomic mass is 10.00. The molecule has 1 atom stereocenters. The van der Waals surface area contributed by atoms with Crippen molar-refractivity contribution in [2.75, 3.05) is 13.7 Å². The summed E-state index contributed by atoms with van der Waals surface area (Å²) in [5, 5.41) is 7.67. The van der Waals surface area contributed by atoms with Crippen molar-refractivity contribution in [3.05, 3.63) is 18.0 Å². The average Bonchev–Trinajstić information content (AvgIpc) is 2.63. The van der Waals surface area contributed by atoms with Crippen molar-refractivity contribution in [3.8, 4) is 0 Å². The molecule has 1 aromatic heterocycles. The Morgan fingerprint density at radius 2 is 2.24 bits per heavy atom. The highest BCUT2D eigenvalue weighted by atomic mass is 16.5. The Morgan fingerprint density at radius 3 is 2.76 bits per heavy atom. The molecule has 1 unspecified atom stereocenters. The molecule has 1 heterocycles. The quantitative estimate of drug-likeness (QED) is 0.788. The van der Waals surface area contributed by atoms with Crippen LogP contribution in [0.5, 0.6) is 0 Å². The van der Waals surface area contributed by atoms with E-state index in [9.17, 15) is 0 Å². The second kappa shape index (κ2) is 6.17. The van der Waals surface area contributed by atoms with Gasteiger partial charge in [-0.1, -0.05) is 0 Å². The zero-order chi connectivity index (χ0) is 12.9. The van der Waals surface area contributed by atoms with Crippen LogP contribution < -0.4 is 5.32 Å². The van der Waals surface area contributed by atoms with Gasteiger partial charge in [0.25, 0.3) is 0 Å². The minimum Gasteiger partial charge on any atom is -0.379 e. The van der Waals surface area contributed by atoms with Gasteiger partial charge in [0, 0.05) is 26.4 Å². The van der Waals surface area contributed by atoms with E-state index in [1.807, 2.05) is 17.9 Å². The molecule has 0 fully saturated rings. The normalized spacial score (nSPS) is 13.9. The van der Waals surface area contributed by atoms with E-state index < -0.39 is 0 Å². The van der Waals surface area contributed by atoms with Gasteiger partial charge in [-0.2, -0.15) is 5.10 Å². The molecule has 0 saturated heterocycles. The van der Waals surface area contributed by atoms with Gasteiger partial charge in [-0.25, -0.2) is 0 Å². The summed E-state index contributed by atoms with van der Waals surface area (Å²) in [5.41, 5.74) is 1.22. The summed E-state index contributed by atoms with van der Waals surface area (Å²) >= 11 is 0. The van der Waals surface area contributed by atoms with E-state index >= 15 is 0 Å². The Kier molecular flexibility index (Phi) is 5.15. The Hall–Kier alpha value is -0.870. The molecule has 0 amide bonds. The number of hydrogen-bond acceptors (Lipinski definition) is 3. The van der Waals surface area contributed by atoms with Crippen LogP contribution in [-0.4, -0.2) is 35.1 Å². The molecular weight excluding hydrogens is 214 g/mol. The van der Waals surface area contributed by atoms with Gasteiger partial charge >= 0.3 is 0 Å². The summed E-state index contributed by atoms with van der Waals surface area (Å²) in [4.78, 5) is 0. The maximum Gasteiger partial charge on any atom is 0.0637 e. The van der Waals surface area contributed by atoms with Crippen LogP contribution in [0.1, 0.15) is 32.8 Å². The van der Waals surface area contributed by atoms with Gasteiger partial charge in [0.1, 0.15) is 0 Å². The van der Waals surface area contributed by atoms with Crippen molar-refractivity contribution in [1.82, 2.24) is 15.1 Å². The van der Waals surface area contributed by atoms with Crippen molar-refractivity contribution >= 4 is 0 Å². The highest BCUT2D eigenvalue weighted by Crippen LogP contribution is 2.15. The Labute approximate surface area is 104 Å². The molecule has 98 valence electrons. The van der Waals surface area contributed by atoms with Crippen LogP contribution in [0.15, 0.2) is 12.4 Å². The smallest absolute Gasteiger partial charge is 0.0637 e. The van der Waals surface area contributed by atoms with Gasteiger partial charge in [-0.3, -0.25) is 4.68 Å². The third kappa shape index (κ3) is 5.33. The van der Waals surface area contributed by atoms with Crippen LogP contribution in [0.2, 0.25) is 0 Å². The third-order valence-corrected chi connectivity index (χ3v) is 3.02. The fourth-order valence-electron chi connectivity index (χ4n) is 1.96. The molecule has 0 aliphatic heterocycles. The Bertz CT molecular complexity index is 333. The van der Waals surface area contributed by atoms with Gasteiger partial charge in [0.15, 0.2) is 0 Å². The number of aromatic nitrogens is 2. The number of hydrogen-bond donors (Lipinski definition) is 1. The maximum absolute atomic E-state index is 5.42. The summed E-state index contributed by atoms with van der Waals surface area (Å²) in [6.07, 6.45) is 6.01.